The minimum atomic E-state index is -0.139. The van der Waals surface area contributed by atoms with Crippen molar-refractivity contribution >= 4 is 11.9 Å². The van der Waals surface area contributed by atoms with Crippen LogP contribution in [0, 0.1) is 18.8 Å². The molecular formula is C20H31N3O3. The second-order valence-corrected chi connectivity index (χ2v) is 6.81. The number of aliphatic imine (C=N–C) groups is 1. The van der Waals surface area contributed by atoms with E-state index in [0.717, 1.165) is 36.8 Å². The van der Waals surface area contributed by atoms with E-state index in [2.05, 4.69) is 37.1 Å². The monoisotopic (exact) mass is 361 g/mol. The number of rotatable bonds is 6. The zero-order chi connectivity index (χ0) is 19.1. The maximum absolute atomic E-state index is 11.9. The van der Waals surface area contributed by atoms with E-state index in [1.165, 1.54) is 12.7 Å². The van der Waals surface area contributed by atoms with Crippen LogP contribution >= 0.6 is 0 Å². The van der Waals surface area contributed by atoms with Crippen molar-refractivity contribution in [3.8, 4) is 5.75 Å². The second kappa shape index (κ2) is 9.46. The van der Waals surface area contributed by atoms with Crippen LogP contribution in [-0.2, 0) is 16.0 Å². The molecule has 6 heteroatoms. The summed E-state index contributed by atoms with van der Waals surface area (Å²) < 4.78 is 10.4. The van der Waals surface area contributed by atoms with E-state index in [1.807, 2.05) is 12.1 Å². The van der Waals surface area contributed by atoms with Crippen LogP contribution in [0.3, 0.4) is 0 Å². The molecule has 1 aromatic carbocycles. The Hall–Kier alpha value is -2.24. The molecule has 144 valence electrons. The summed E-state index contributed by atoms with van der Waals surface area (Å²) in [6.07, 6.45) is 0.809. The number of carbonyl (C=O) groups excluding carboxylic acids is 1. The Labute approximate surface area is 156 Å². The fraction of sp³-hybridized carbons (Fsp3) is 0.600. The summed E-state index contributed by atoms with van der Waals surface area (Å²) in [5.41, 5.74) is 2.38. The third-order valence-corrected chi connectivity index (χ3v) is 4.83. The summed E-state index contributed by atoms with van der Waals surface area (Å²) in [6, 6.07) is 6.20. The number of esters is 1. The number of nitrogens with one attached hydrogen (secondary N) is 1. The highest BCUT2D eigenvalue weighted by atomic mass is 16.5. The van der Waals surface area contributed by atoms with E-state index in [-0.39, 0.29) is 17.8 Å². The van der Waals surface area contributed by atoms with Crippen molar-refractivity contribution in [1.29, 1.82) is 0 Å². The molecule has 6 nitrogen and oxygen atoms in total. The van der Waals surface area contributed by atoms with Crippen molar-refractivity contribution in [3.05, 3.63) is 29.3 Å². The molecule has 1 heterocycles. The normalized spacial score (nSPS) is 20.2. The summed E-state index contributed by atoms with van der Waals surface area (Å²) in [7, 11) is 3.15. The van der Waals surface area contributed by atoms with Gasteiger partial charge in [-0.3, -0.25) is 9.79 Å². The molecule has 0 radical (unpaired) electrons. The Bertz CT molecular complexity index is 645. The van der Waals surface area contributed by atoms with Crippen molar-refractivity contribution in [1.82, 2.24) is 10.2 Å². The molecule has 1 fully saturated rings. The lowest BCUT2D eigenvalue weighted by Gasteiger charge is -2.21. The molecule has 0 bridgehead atoms. The number of guanidine groups is 1. The first-order chi connectivity index (χ1) is 12.5. The molecule has 0 aromatic heterocycles. The van der Waals surface area contributed by atoms with Crippen molar-refractivity contribution in [2.24, 2.45) is 16.8 Å². The van der Waals surface area contributed by atoms with E-state index in [9.17, 15) is 4.79 Å². The van der Waals surface area contributed by atoms with Crippen LogP contribution in [0.5, 0.6) is 5.75 Å². The Morgan fingerprint density at radius 1 is 1.35 bits per heavy atom. The third-order valence-electron chi connectivity index (χ3n) is 4.83. The summed E-state index contributed by atoms with van der Waals surface area (Å²) in [5, 5.41) is 3.34. The largest absolute Gasteiger partial charge is 0.496 e. The fourth-order valence-electron chi connectivity index (χ4n) is 3.41. The van der Waals surface area contributed by atoms with Crippen LogP contribution in [0.25, 0.3) is 0 Å². The van der Waals surface area contributed by atoms with Crippen LogP contribution < -0.4 is 10.1 Å². The quantitative estimate of drug-likeness (QED) is 0.478. The third kappa shape index (κ3) is 4.90. The smallest absolute Gasteiger partial charge is 0.310 e. The Morgan fingerprint density at radius 2 is 2.12 bits per heavy atom. The van der Waals surface area contributed by atoms with Gasteiger partial charge in [-0.1, -0.05) is 24.6 Å². The molecule has 26 heavy (non-hydrogen) atoms. The van der Waals surface area contributed by atoms with Crippen LogP contribution in [0.4, 0.5) is 0 Å². The van der Waals surface area contributed by atoms with Crippen LogP contribution in [0.15, 0.2) is 23.2 Å². The maximum Gasteiger partial charge on any atom is 0.310 e. The van der Waals surface area contributed by atoms with Crippen molar-refractivity contribution in [3.63, 3.8) is 0 Å². The van der Waals surface area contributed by atoms with Gasteiger partial charge in [0.2, 0.25) is 0 Å². The zero-order valence-electron chi connectivity index (χ0n) is 16.5. The van der Waals surface area contributed by atoms with Gasteiger partial charge in [-0.25, -0.2) is 0 Å². The highest BCUT2D eigenvalue weighted by molar-refractivity contribution is 5.82. The molecule has 0 saturated carbocycles. The Kier molecular flexibility index (Phi) is 7.30. The van der Waals surface area contributed by atoms with E-state index < -0.39 is 0 Å². The number of aryl methyl sites for hydroxylation is 1. The number of carbonyl (C=O) groups is 1. The SMILES string of the molecule is CCNC(=NCCc1cc(C)ccc1OC)N1CC(C)C(C(=O)OC)C1. The minimum absolute atomic E-state index is 0.0966. The fourth-order valence-corrected chi connectivity index (χ4v) is 3.41. The first-order valence-corrected chi connectivity index (χ1v) is 9.24. The van der Waals surface area contributed by atoms with Crippen molar-refractivity contribution < 1.29 is 14.3 Å². The first kappa shape index (κ1) is 20.1. The molecule has 1 N–H and O–H groups in total. The minimum Gasteiger partial charge on any atom is -0.496 e. The molecule has 0 amide bonds. The van der Waals surface area contributed by atoms with Crippen LogP contribution in [0.2, 0.25) is 0 Å². The van der Waals surface area contributed by atoms with Gasteiger partial charge in [-0.15, -0.1) is 0 Å². The van der Waals surface area contributed by atoms with Crippen molar-refractivity contribution in [2.75, 3.05) is 40.4 Å². The molecule has 1 aliphatic rings. The number of hydrogen-bond donors (Lipinski definition) is 1. The first-order valence-electron chi connectivity index (χ1n) is 9.24. The maximum atomic E-state index is 11.9. The lowest BCUT2D eigenvalue weighted by molar-refractivity contribution is -0.145. The average Bonchev–Trinajstić information content (AvgIpc) is 3.02. The topological polar surface area (TPSA) is 63.2 Å². The Morgan fingerprint density at radius 3 is 2.77 bits per heavy atom. The lowest BCUT2D eigenvalue weighted by Crippen LogP contribution is -2.40. The van der Waals surface area contributed by atoms with E-state index >= 15 is 0 Å². The van der Waals surface area contributed by atoms with Gasteiger partial charge in [0.15, 0.2) is 5.96 Å². The number of nitrogens with zero attached hydrogens (tertiary/aromatic N) is 2. The molecule has 1 aromatic rings. The molecule has 2 unspecified atom stereocenters. The molecule has 1 aliphatic heterocycles. The number of hydrogen-bond acceptors (Lipinski definition) is 4. The molecule has 1 saturated heterocycles. The summed E-state index contributed by atoms with van der Waals surface area (Å²) in [5.74, 6) is 1.78. The van der Waals surface area contributed by atoms with E-state index in [0.29, 0.717) is 13.1 Å². The zero-order valence-corrected chi connectivity index (χ0v) is 16.5. The predicted octanol–water partition coefficient (Wildman–Crippen LogP) is 2.25. The number of methoxy groups -OCH3 is 2. The van der Waals surface area contributed by atoms with Crippen LogP contribution in [0.1, 0.15) is 25.0 Å². The lowest BCUT2D eigenvalue weighted by atomic mass is 9.99. The van der Waals surface area contributed by atoms with Gasteiger partial charge < -0.3 is 19.7 Å². The van der Waals surface area contributed by atoms with E-state index in [1.54, 1.807) is 7.11 Å². The summed E-state index contributed by atoms with van der Waals surface area (Å²) in [6.45, 7) is 9.12. The molecule has 0 spiro atoms. The number of benzene rings is 1. The molecule has 0 aliphatic carbocycles. The van der Waals surface area contributed by atoms with Crippen molar-refractivity contribution in [2.45, 2.75) is 27.2 Å². The van der Waals surface area contributed by atoms with Gasteiger partial charge in [0.05, 0.1) is 20.1 Å². The predicted molar refractivity (Wildman–Crippen MR) is 104 cm³/mol. The molecular weight excluding hydrogens is 330 g/mol. The van der Waals surface area contributed by atoms with E-state index in [4.69, 9.17) is 14.5 Å². The van der Waals surface area contributed by atoms with Gasteiger partial charge in [0.25, 0.3) is 0 Å². The summed E-state index contributed by atoms with van der Waals surface area (Å²) >= 11 is 0. The summed E-state index contributed by atoms with van der Waals surface area (Å²) in [4.78, 5) is 18.9. The highest BCUT2D eigenvalue weighted by Crippen LogP contribution is 2.24. The second-order valence-electron chi connectivity index (χ2n) is 6.81. The average molecular weight is 361 g/mol. The van der Waals surface area contributed by atoms with Gasteiger partial charge in [-0.2, -0.15) is 0 Å². The number of ether oxygens (including phenoxy) is 2. The standard InChI is InChI=1S/C20H31N3O3/c1-6-21-20(23-12-15(3)17(13-23)19(24)26-5)22-10-9-16-11-14(2)7-8-18(16)25-4/h7-8,11,15,17H,6,9-10,12-13H2,1-5H3,(H,21,22). The van der Waals surface area contributed by atoms with Gasteiger partial charge in [-0.05, 0) is 37.8 Å². The van der Waals surface area contributed by atoms with Gasteiger partial charge in [0.1, 0.15) is 5.75 Å². The van der Waals surface area contributed by atoms with Gasteiger partial charge >= 0.3 is 5.97 Å². The molecule has 2 rings (SSSR count). The van der Waals surface area contributed by atoms with Crippen LogP contribution in [-0.4, -0.2) is 57.2 Å². The highest BCUT2D eigenvalue weighted by Gasteiger charge is 2.36. The van der Waals surface area contributed by atoms with Gasteiger partial charge in [0, 0.05) is 26.2 Å². The Balaban J connectivity index is 2.06. The number of likely N-dealkylation sites (tertiary alicyclic amines) is 1. The molecule has 2 atom stereocenters.